The number of phenols is 2. The maximum Gasteiger partial charge on any atom is 0.157 e. The fourth-order valence-electron chi connectivity index (χ4n) is 2.74. The molecule has 0 radical (unpaired) electrons. The van der Waals surface area contributed by atoms with Gasteiger partial charge in [-0.25, -0.2) is 0 Å². The third-order valence-electron chi connectivity index (χ3n) is 3.73. The number of hydrogen-bond donors (Lipinski definition) is 3. The molecule has 106 valence electrons. The van der Waals surface area contributed by atoms with E-state index < -0.39 is 0 Å². The van der Waals surface area contributed by atoms with Gasteiger partial charge in [-0.05, 0) is 41.8 Å². The summed E-state index contributed by atoms with van der Waals surface area (Å²) in [6.45, 7) is 1.74. The van der Waals surface area contributed by atoms with Gasteiger partial charge >= 0.3 is 0 Å². The molecule has 0 aliphatic carbocycles. The van der Waals surface area contributed by atoms with E-state index in [1.54, 1.807) is 12.1 Å². The van der Waals surface area contributed by atoms with Gasteiger partial charge in [-0.15, -0.1) is 17.0 Å². The quantitative estimate of drug-likeness (QED) is 0.702. The molecule has 1 atom stereocenters. The molecule has 2 aromatic rings. The summed E-state index contributed by atoms with van der Waals surface area (Å²) in [5.41, 5.74) is 3.43. The Hall–Kier alpha value is -1.52. The van der Waals surface area contributed by atoms with Gasteiger partial charge in [-0.1, -0.05) is 30.3 Å². The molecule has 0 saturated carbocycles. The van der Waals surface area contributed by atoms with Crippen LogP contribution in [0.1, 0.15) is 22.6 Å². The monoisotopic (exact) mass is 335 g/mol. The topological polar surface area (TPSA) is 52.5 Å². The lowest BCUT2D eigenvalue weighted by Gasteiger charge is -2.18. The summed E-state index contributed by atoms with van der Waals surface area (Å²) in [6.07, 6.45) is 0.868. The highest BCUT2D eigenvalue weighted by atomic mass is 79.9. The number of halogens is 1. The number of phenolic OH excluding ortho intramolecular Hbond substituents is 2. The minimum atomic E-state index is -0.0402. The first-order valence-electron chi connectivity index (χ1n) is 6.56. The van der Waals surface area contributed by atoms with Crippen molar-refractivity contribution in [3.05, 3.63) is 59.2 Å². The summed E-state index contributed by atoms with van der Waals surface area (Å²) in [5.74, 6) is 0.138. The normalized spacial score (nSPS) is 17.7. The largest absolute Gasteiger partial charge is 0.504 e. The van der Waals surface area contributed by atoms with Gasteiger partial charge in [0.05, 0.1) is 0 Å². The molecule has 2 aromatic carbocycles. The molecule has 0 aromatic heterocycles. The van der Waals surface area contributed by atoms with E-state index in [4.69, 9.17) is 0 Å². The Labute approximate surface area is 129 Å². The SMILES string of the molecule is Br.Oc1cc2c(cc1O)[C@@H](c1ccccc1)CNCC2. The van der Waals surface area contributed by atoms with E-state index in [1.807, 2.05) is 18.2 Å². The molecular weight excluding hydrogens is 318 g/mol. The summed E-state index contributed by atoms with van der Waals surface area (Å²) >= 11 is 0. The second kappa shape index (κ2) is 6.29. The lowest BCUT2D eigenvalue weighted by atomic mass is 9.88. The van der Waals surface area contributed by atoms with Crippen molar-refractivity contribution in [2.24, 2.45) is 0 Å². The summed E-state index contributed by atoms with van der Waals surface area (Å²) < 4.78 is 0. The Morgan fingerprint density at radius 3 is 2.45 bits per heavy atom. The van der Waals surface area contributed by atoms with Crippen LogP contribution in [0, 0.1) is 0 Å². The Morgan fingerprint density at radius 1 is 1.00 bits per heavy atom. The molecular formula is C16H18BrNO2. The molecule has 1 heterocycles. The highest BCUT2D eigenvalue weighted by molar-refractivity contribution is 8.93. The van der Waals surface area contributed by atoms with Crippen LogP contribution in [-0.2, 0) is 6.42 Å². The number of rotatable bonds is 1. The van der Waals surface area contributed by atoms with Crippen LogP contribution in [-0.4, -0.2) is 23.3 Å². The molecule has 0 saturated heterocycles. The van der Waals surface area contributed by atoms with E-state index in [0.717, 1.165) is 30.6 Å². The van der Waals surface area contributed by atoms with Crippen LogP contribution in [0.2, 0.25) is 0 Å². The van der Waals surface area contributed by atoms with Gasteiger partial charge in [0.15, 0.2) is 11.5 Å². The number of fused-ring (bicyclic) bond motifs is 1. The van der Waals surface area contributed by atoms with Crippen molar-refractivity contribution in [3.63, 3.8) is 0 Å². The maximum absolute atomic E-state index is 9.76. The third kappa shape index (κ3) is 2.81. The first-order chi connectivity index (χ1) is 9.25. The molecule has 3 nitrogen and oxygen atoms in total. The predicted molar refractivity (Wildman–Crippen MR) is 85.0 cm³/mol. The van der Waals surface area contributed by atoms with E-state index in [1.165, 1.54) is 5.56 Å². The first kappa shape index (κ1) is 14.9. The molecule has 0 unspecified atom stereocenters. The summed E-state index contributed by atoms with van der Waals surface area (Å²) in [6, 6.07) is 13.7. The molecule has 4 heteroatoms. The number of aromatic hydroxyl groups is 2. The van der Waals surface area contributed by atoms with Gasteiger partial charge < -0.3 is 15.5 Å². The van der Waals surface area contributed by atoms with Crippen molar-refractivity contribution in [1.82, 2.24) is 5.32 Å². The smallest absolute Gasteiger partial charge is 0.157 e. The molecule has 0 bridgehead atoms. The second-order valence-electron chi connectivity index (χ2n) is 4.96. The third-order valence-corrected chi connectivity index (χ3v) is 3.73. The van der Waals surface area contributed by atoms with Crippen LogP contribution < -0.4 is 5.32 Å². The molecule has 1 aliphatic heterocycles. The van der Waals surface area contributed by atoms with Crippen LogP contribution in [0.3, 0.4) is 0 Å². The predicted octanol–water partition coefficient (Wildman–Crippen LogP) is 2.95. The number of nitrogens with one attached hydrogen (secondary N) is 1. The van der Waals surface area contributed by atoms with Gasteiger partial charge in [0.1, 0.15) is 0 Å². The van der Waals surface area contributed by atoms with E-state index in [0.29, 0.717) is 0 Å². The van der Waals surface area contributed by atoms with Crippen LogP contribution in [0.5, 0.6) is 11.5 Å². The summed E-state index contributed by atoms with van der Waals surface area (Å²) in [7, 11) is 0. The molecule has 3 rings (SSSR count). The second-order valence-corrected chi connectivity index (χ2v) is 4.96. The summed E-state index contributed by atoms with van der Waals surface area (Å²) in [4.78, 5) is 0. The van der Waals surface area contributed by atoms with E-state index in [-0.39, 0.29) is 34.4 Å². The van der Waals surface area contributed by atoms with Crippen LogP contribution in [0.4, 0.5) is 0 Å². The Morgan fingerprint density at radius 2 is 1.70 bits per heavy atom. The fourth-order valence-corrected chi connectivity index (χ4v) is 2.74. The molecule has 0 spiro atoms. The molecule has 1 aliphatic rings. The number of hydrogen-bond acceptors (Lipinski definition) is 3. The Bertz CT molecular complexity index is 587. The zero-order chi connectivity index (χ0) is 13.2. The average molecular weight is 336 g/mol. The number of benzene rings is 2. The molecule has 3 N–H and O–H groups in total. The minimum absolute atomic E-state index is 0. The Kier molecular flexibility index (Phi) is 4.68. The molecule has 0 amide bonds. The van der Waals surface area contributed by atoms with Crippen molar-refractivity contribution in [3.8, 4) is 11.5 Å². The lowest BCUT2D eigenvalue weighted by molar-refractivity contribution is 0.402. The van der Waals surface area contributed by atoms with Crippen molar-refractivity contribution >= 4 is 17.0 Å². The van der Waals surface area contributed by atoms with Gasteiger partial charge in [0.2, 0.25) is 0 Å². The zero-order valence-electron chi connectivity index (χ0n) is 11.0. The minimum Gasteiger partial charge on any atom is -0.504 e. The average Bonchev–Trinajstić information content (AvgIpc) is 2.63. The van der Waals surface area contributed by atoms with Crippen molar-refractivity contribution in [2.45, 2.75) is 12.3 Å². The van der Waals surface area contributed by atoms with Crippen molar-refractivity contribution < 1.29 is 10.2 Å². The van der Waals surface area contributed by atoms with Crippen LogP contribution in [0.25, 0.3) is 0 Å². The van der Waals surface area contributed by atoms with Crippen LogP contribution >= 0.6 is 17.0 Å². The first-order valence-corrected chi connectivity index (χ1v) is 6.56. The van der Waals surface area contributed by atoms with Crippen LogP contribution in [0.15, 0.2) is 42.5 Å². The van der Waals surface area contributed by atoms with Crippen molar-refractivity contribution in [2.75, 3.05) is 13.1 Å². The zero-order valence-corrected chi connectivity index (χ0v) is 12.8. The highest BCUT2D eigenvalue weighted by Crippen LogP contribution is 2.36. The standard InChI is InChI=1S/C16H17NO2.BrH/c18-15-8-12-6-7-17-10-14(13(12)9-16(15)19)11-4-2-1-3-5-11;/h1-5,8-9,14,17-19H,6-7,10H2;1H/t14-;/m1./s1. The lowest BCUT2D eigenvalue weighted by Crippen LogP contribution is -2.20. The van der Waals surface area contributed by atoms with Gasteiger partial charge in [-0.2, -0.15) is 0 Å². The van der Waals surface area contributed by atoms with Gasteiger partial charge in [0.25, 0.3) is 0 Å². The highest BCUT2D eigenvalue weighted by Gasteiger charge is 2.21. The fraction of sp³-hybridized carbons (Fsp3) is 0.250. The Balaban J connectivity index is 0.00000147. The van der Waals surface area contributed by atoms with Crippen molar-refractivity contribution in [1.29, 1.82) is 0 Å². The van der Waals surface area contributed by atoms with E-state index >= 15 is 0 Å². The van der Waals surface area contributed by atoms with Gasteiger partial charge in [0, 0.05) is 12.5 Å². The molecule has 0 fully saturated rings. The van der Waals surface area contributed by atoms with E-state index in [2.05, 4.69) is 17.4 Å². The molecule has 20 heavy (non-hydrogen) atoms. The van der Waals surface area contributed by atoms with E-state index in [9.17, 15) is 10.2 Å². The maximum atomic E-state index is 9.76. The summed E-state index contributed by atoms with van der Waals surface area (Å²) in [5, 5.41) is 22.8. The van der Waals surface area contributed by atoms with Gasteiger partial charge in [-0.3, -0.25) is 0 Å².